The number of ether oxygens (including phenoxy) is 1. The van der Waals surface area contributed by atoms with Crippen LogP contribution in [-0.2, 0) is 6.42 Å². The van der Waals surface area contributed by atoms with Crippen LogP contribution < -0.4 is 4.74 Å². The minimum absolute atomic E-state index is 0.701. The molecule has 0 bridgehead atoms. The first kappa shape index (κ1) is 15.0. The molecule has 0 unspecified atom stereocenters. The predicted octanol–water partition coefficient (Wildman–Crippen LogP) is 5.94. The van der Waals surface area contributed by atoms with Crippen LogP contribution >= 0.6 is 0 Å². The van der Waals surface area contributed by atoms with E-state index in [1.807, 2.05) is 6.92 Å². The van der Waals surface area contributed by atoms with Crippen molar-refractivity contribution in [2.24, 2.45) is 0 Å². The van der Waals surface area contributed by atoms with Gasteiger partial charge in [-0.2, -0.15) is 0 Å². The van der Waals surface area contributed by atoms with Crippen molar-refractivity contribution in [1.82, 2.24) is 0 Å². The van der Waals surface area contributed by atoms with Crippen molar-refractivity contribution >= 4 is 0 Å². The molecule has 3 aromatic carbocycles. The SMILES string of the molecule is CCOc1ccc(-c2cc3c(c(C)c2C)Cc2ccccc2-3)cc1. The van der Waals surface area contributed by atoms with Crippen molar-refractivity contribution in [3.8, 4) is 28.0 Å². The number of hydrogen-bond donors (Lipinski definition) is 0. The maximum atomic E-state index is 5.57. The average molecular weight is 314 g/mol. The van der Waals surface area contributed by atoms with E-state index in [1.54, 1.807) is 0 Å². The molecule has 0 radical (unpaired) electrons. The standard InChI is InChI=1S/C23H22O/c1-4-24-19-11-9-17(10-12-19)21-14-23-20-8-6-5-7-18(20)13-22(23)16(3)15(21)2/h5-12,14H,4,13H2,1-3H3. The molecule has 0 atom stereocenters. The minimum atomic E-state index is 0.701. The molecule has 0 N–H and O–H groups in total. The third-order valence-corrected chi connectivity index (χ3v) is 5.18. The molecule has 0 aliphatic heterocycles. The molecule has 0 saturated heterocycles. The first-order valence-corrected chi connectivity index (χ1v) is 8.63. The molecular weight excluding hydrogens is 292 g/mol. The molecule has 1 heteroatoms. The molecule has 120 valence electrons. The highest BCUT2D eigenvalue weighted by molar-refractivity contribution is 5.84. The van der Waals surface area contributed by atoms with Crippen molar-refractivity contribution in [3.63, 3.8) is 0 Å². The van der Waals surface area contributed by atoms with E-state index in [-0.39, 0.29) is 0 Å². The molecule has 1 nitrogen and oxygen atoms in total. The molecule has 0 fully saturated rings. The smallest absolute Gasteiger partial charge is 0.119 e. The molecule has 1 aliphatic rings. The lowest BCUT2D eigenvalue weighted by Crippen LogP contribution is -1.95. The Morgan fingerprint density at radius 1 is 0.833 bits per heavy atom. The lowest BCUT2D eigenvalue weighted by Gasteiger charge is -2.15. The maximum absolute atomic E-state index is 5.57. The van der Waals surface area contributed by atoms with Crippen LogP contribution in [0.1, 0.15) is 29.2 Å². The minimum Gasteiger partial charge on any atom is -0.494 e. The normalized spacial score (nSPS) is 12.0. The summed E-state index contributed by atoms with van der Waals surface area (Å²) in [6.45, 7) is 7.22. The van der Waals surface area contributed by atoms with E-state index in [4.69, 9.17) is 4.74 Å². The Labute approximate surface area is 143 Å². The topological polar surface area (TPSA) is 9.23 Å². The van der Waals surface area contributed by atoms with Crippen molar-refractivity contribution in [2.45, 2.75) is 27.2 Å². The average Bonchev–Trinajstić information content (AvgIpc) is 2.98. The summed E-state index contributed by atoms with van der Waals surface area (Å²) < 4.78 is 5.57. The fourth-order valence-electron chi connectivity index (χ4n) is 3.76. The summed E-state index contributed by atoms with van der Waals surface area (Å²) >= 11 is 0. The van der Waals surface area contributed by atoms with Gasteiger partial charge in [-0.1, -0.05) is 36.4 Å². The zero-order chi connectivity index (χ0) is 16.7. The van der Waals surface area contributed by atoms with Gasteiger partial charge in [0, 0.05) is 0 Å². The quantitative estimate of drug-likeness (QED) is 0.454. The van der Waals surface area contributed by atoms with Crippen LogP contribution in [-0.4, -0.2) is 6.61 Å². The van der Waals surface area contributed by atoms with Gasteiger partial charge in [0.2, 0.25) is 0 Å². The van der Waals surface area contributed by atoms with E-state index in [9.17, 15) is 0 Å². The van der Waals surface area contributed by atoms with E-state index >= 15 is 0 Å². The lowest BCUT2D eigenvalue weighted by atomic mass is 9.90. The van der Waals surface area contributed by atoms with Gasteiger partial charge in [-0.3, -0.25) is 0 Å². The molecule has 0 amide bonds. The van der Waals surface area contributed by atoms with Crippen LogP contribution in [0.2, 0.25) is 0 Å². The van der Waals surface area contributed by atoms with Crippen molar-refractivity contribution in [3.05, 3.63) is 76.9 Å². The van der Waals surface area contributed by atoms with Crippen molar-refractivity contribution in [2.75, 3.05) is 6.61 Å². The van der Waals surface area contributed by atoms with E-state index in [2.05, 4.69) is 68.4 Å². The molecular formula is C23H22O. The highest BCUT2D eigenvalue weighted by atomic mass is 16.5. The second kappa shape index (κ2) is 5.83. The van der Waals surface area contributed by atoms with E-state index in [1.165, 1.54) is 44.5 Å². The van der Waals surface area contributed by atoms with Gasteiger partial charge in [0.15, 0.2) is 0 Å². The molecule has 3 aromatic rings. The molecule has 4 rings (SSSR count). The second-order valence-electron chi connectivity index (χ2n) is 6.49. The van der Waals surface area contributed by atoms with Crippen LogP contribution in [0.15, 0.2) is 54.6 Å². The van der Waals surface area contributed by atoms with E-state index < -0.39 is 0 Å². The summed E-state index contributed by atoms with van der Waals surface area (Å²) in [5, 5.41) is 0. The zero-order valence-corrected chi connectivity index (χ0v) is 14.5. The van der Waals surface area contributed by atoms with Crippen LogP contribution in [0.3, 0.4) is 0 Å². The summed E-state index contributed by atoms with van der Waals surface area (Å²) in [5.74, 6) is 0.933. The van der Waals surface area contributed by atoms with Gasteiger partial charge in [-0.25, -0.2) is 0 Å². The van der Waals surface area contributed by atoms with Gasteiger partial charge >= 0.3 is 0 Å². The summed E-state index contributed by atoms with van der Waals surface area (Å²) in [4.78, 5) is 0. The van der Waals surface area contributed by atoms with Gasteiger partial charge in [-0.05, 0) is 89.9 Å². The summed E-state index contributed by atoms with van der Waals surface area (Å²) in [6.07, 6.45) is 1.06. The Hall–Kier alpha value is -2.54. The lowest BCUT2D eigenvalue weighted by molar-refractivity contribution is 0.340. The number of fused-ring (bicyclic) bond motifs is 3. The maximum Gasteiger partial charge on any atom is 0.119 e. The fraction of sp³-hybridized carbons (Fsp3) is 0.217. The largest absolute Gasteiger partial charge is 0.494 e. The molecule has 0 saturated carbocycles. The van der Waals surface area contributed by atoms with Crippen LogP contribution in [0, 0.1) is 13.8 Å². The number of hydrogen-bond acceptors (Lipinski definition) is 1. The first-order valence-electron chi connectivity index (χ1n) is 8.63. The van der Waals surface area contributed by atoms with Crippen molar-refractivity contribution in [1.29, 1.82) is 0 Å². The van der Waals surface area contributed by atoms with Gasteiger partial charge in [0.25, 0.3) is 0 Å². The highest BCUT2D eigenvalue weighted by Gasteiger charge is 2.22. The second-order valence-corrected chi connectivity index (χ2v) is 6.49. The van der Waals surface area contributed by atoms with Crippen LogP contribution in [0.25, 0.3) is 22.3 Å². The third kappa shape index (κ3) is 2.32. The number of rotatable bonds is 3. The first-order chi connectivity index (χ1) is 11.7. The predicted molar refractivity (Wildman–Crippen MR) is 101 cm³/mol. The van der Waals surface area contributed by atoms with Gasteiger partial charge in [0.1, 0.15) is 5.75 Å². The molecule has 1 aliphatic carbocycles. The van der Waals surface area contributed by atoms with Crippen LogP contribution in [0.5, 0.6) is 5.75 Å². The molecule has 24 heavy (non-hydrogen) atoms. The Bertz CT molecular complexity index is 904. The Kier molecular flexibility index (Phi) is 3.65. The summed E-state index contributed by atoms with van der Waals surface area (Å²) in [6, 6.07) is 19.6. The highest BCUT2D eigenvalue weighted by Crippen LogP contribution is 2.42. The monoisotopic (exact) mass is 314 g/mol. The Morgan fingerprint density at radius 2 is 1.58 bits per heavy atom. The van der Waals surface area contributed by atoms with Crippen LogP contribution in [0.4, 0.5) is 0 Å². The molecule has 0 heterocycles. The van der Waals surface area contributed by atoms with E-state index in [0.29, 0.717) is 6.61 Å². The third-order valence-electron chi connectivity index (χ3n) is 5.18. The van der Waals surface area contributed by atoms with Gasteiger partial charge in [0.05, 0.1) is 6.61 Å². The van der Waals surface area contributed by atoms with E-state index in [0.717, 1.165) is 12.2 Å². The van der Waals surface area contributed by atoms with Gasteiger partial charge < -0.3 is 4.74 Å². The molecule has 0 aromatic heterocycles. The zero-order valence-electron chi connectivity index (χ0n) is 14.5. The summed E-state index contributed by atoms with van der Waals surface area (Å²) in [5.41, 5.74) is 11.1. The number of benzene rings is 3. The summed E-state index contributed by atoms with van der Waals surface area (Å²) in [7, 11) is 0. The fourth-order valence-corrected chi connectivity index (χ4v) is 3.76. The van der Waals surface area contributed by atoms with Gasteiger partial charge in [-0.15, -0.1) is 0 Å². The Morgan fingerprint density at radius 3 is 2.33 bits per heavy atom. The van der Waals surface area contributed by atoms with Crippen molar-refractivity contribution < 1.29 is 4.74 Å². The molecule has 0 spiro atoms. The Balaban J connectivity index is 1.85.